The second-order valence-corrected chi connectivity index (χ2v) is 8.51. The van der Waals surface area contributed by atoms with Crippen LogP contribution >= 0.6 is 0 Å². The molecular formula is C16H17NO2Si. The number of nitrogens with zero attached hydrogens (tertiary/aromatic N) is 1. The van der Waals surface area contributed by atoms with Crippen LogP contribution in [-0.2, 0) is 11.0 Å². The normalized spacial score (nSPS) is 16.7. The van der Waals surface area contributed by atoms with Crippen LogP contribution in [-0.4, -0.2) is 14.8 Å². The minimum Gasteiger partial charge on any atom is -0.520 e. The Morgan fingerprint density at radius 2 is 1.75 bits per heavy atom. The first-order chi connectivity index (χ1) is 9.64. The van der Waals surface area contributed by atoms with Crippen molar-refractivity contribution < 1.29 is 8.85 Å². The standard InChI is InChI=1S/C16H17NO2Si/c1-20(2)18-12-14-8-3-5-9-15(14)17-11-13-7-4-6-10-16(13)19-20/h3-11H,12H2,1-2H3. The van der Waals surface area contributed by atoms with Crippen LogP contribution in [0.25, 0.3) is 0 Å². The Kier molecular flexibility index (Phi) is 3.42. The van der Waals surface area contributed by atoms with E-state index in [2.05, 4.69) is 18.1 Å². The molecule has 0 fully saturated rings. The van der Waals surface area contributed by atoms with Crippen LogP contribution in [0.2, 0.25) is 13.1 Å². The van der Waals surface area contributed by atoms with E-state index < -0.39 is 8.56 Å². The fourth-order valence-electron chi connectivity index (χ4n) is 2.12. The predicted molar refractivity (Wildman–Crippen MR) is 83.0 cm³/mol. The zero-order valence-electron chi connectivity index (χ0n) is 11.7. The summed E-state index contributed by atoms with van der Waals surface area (Å²) in [5.74, 6) is 0.840. The van der Waals surface area contributed by atoms with Gasteiger partial charge in [0.1, 0.15) is 5.75 Å². The first-order valence-corrected chi connectivity index (χ1v) is 9.50. The van der Waals surface area contributed by atoms with Crippen molar-refractivity contribution in [2.24, 2.45) is 4.99 Å². The summed E-state index contributed by atoms with van der Waals surface area (Å²) in [6.45, 7) is 4.66. The highest BCUT2D eigenvalue weighted by Gasteiger charge is 2.28. The van der Waals surface area contributed by atoms with Crippen LogP contribution in [0.1, 0.15) is 11.1 Å². The highest BCUT2D eigenvalue weighted by Crippen LogP contribution is 2.26. The van der Waals surface area contributed by atoms with E-state index in [1.165, 1.54) is 0 Å². The van der Waals surface area contributed by atoms with E-state index in [1.54, 1.807) is 0 Å². The van der Waals surface area contributed by atoms with Gasteiger partial charge in [0.2, 0.25) is 0 Å². The first kappa shape index (κ1) is 13.1. The molecular weight excluding hydrogens is 266 g/mol. The highest BCUT2D eigenvalue weighted by atomic mass is 28.4. The highest BCUT2D eigenvalue weighted by molar-refractivity contribution is 6.65. The Balaban J connectivity index is 2.10. The number of hydrogen-bond acceptors (Lipinski definition) is 3. The van der Waals surface area contributed by atoms with Gasteiger partial charge in [0.25, 0.3) is 0 Å². The molecule has 0 saturated heterocycles. The molecule has 0 bridgehead atoms. The average Bonchev–Trinajstić information content (AvgIpc) is 2.44. The Bertz CT molecular complexity index is 652. The summed E-state index contributed by atoms with van der Waals surface area (Å²) in [5, 5.41) is 0. The number of aliphatic imine (C=N–C) groups is 1. The van der Waals surface area contributed by atoms with Crippen molar-refractivity contribution in [3.05, 3.63) is 59.7 Å². The molecule has 4 heteroatoms. The lowest BCUT2D eigenvalue weighted by molar-refractivity contribution is 0.237. The molecule has 1 aliphatic heterocycles. The van der Waals surface area contributed by atoms with Gasteiger partial charge in [-0.25, -0.2) is 0 Å². The lowest BCUT2D eigenvalue weighted by Crippen LogP contribution is -2.38. The molecule has 3 rings (SSSR count). The van der Waals surface area contributed by atoms with E-state index in [1.807, 2.05) is 54.7 Å². The van der Waals surface area contributed by atoms with Crippen molar-refractivity contribution in [2.45, 2.75) is 19.7 Å². The number of para-hydroxylation sites is 2. The Labute approximate surface area is 120 Å². The molecule has 3 nitrogen and oxygen atoms in total. The zero-order valence-corrected chi connectivity index (χ0v) is 12.7. The molecule has 0 saturated carbocycles. The lowest BCUT2D eigenvalue weighted by atomic mass is 10.2. The summed E-state index contributed by atoms with van der Waals surface area (Å²) in [5.41, 5.74) is 3.02. The SMILES string of the molecule is C[Si]1(C)OCc2ccccc2N=Cc2ccccc2O1. The molecule has 1 aliphatic rings. The first-order valence-electron chi connectivity index (χ1n) is 6.68. The van der Waals surface area contributed by atoms with E-state index in [0.29, 0.717) is 6.61 Å². The largest absolute Gasteiger partial charge is 0.520 e. The fraction of sp³-hybridized carbons (Fsp3) is 0.188. The van der Waals surface area contributed by atoms with Crippen LogP contribution in [0.5, 0.6) is 5.75 Å². The topological polar surface area (TPSA) is 30.8 Å². The summed E-state index contributed by atoms with van der Waals surface area (Å²) in [6, 6.07) is 16.0. The smallest absolute Gasteiger partial charge is 0.392 e. The van der Waals surface area contributed by atoms with E-state index >= 15 is 0 Å². The molecule has 0 aliphatic carbocycles. The average molecular weight is 283 g/mol. The molecule has 0 unspecified atom stereocenters. The van der Waals surface area contributed by atoms with Crippen LogP contribution in [0.15, 0.2) is 53.5 Å². The van der Waals surface area contributed by atoms with Crippen molar-refractivity contribution in [1.29, 1.82) is 0 Å². The van der Waals surface area contributed by atoms with Gasteiger partial charge in [-0.2, -0.15) is 0 Å². The van der Waals surface area contributed by atoms with Crippen LogP contribution in [0.3, 0.4) is 0 Å². The van der Waals surface area contributed by atoms with Crippen LogP contribution in [0.4, 0.5) is 5.69 Å². The lowest BCUT2D eigenvalue weighted by Gasteiger charge is -2.25. The van der Waals surface area contributed by atoms with Gasteiger partial charge in [-0.3, -0.25) is 4.99 Å². The van der Waals surface area contributed by atoms with Crippen molar-refractivity contribution in [3.63, 3.8) is 0 Å². The summed E-state index contributed by atoms with van der Waals surface area (Å²) < 4.78 is 12.1. The summed E-state index contributed by atoms with van der Waals surface area (Å²) >= 11 is 0. The molecule has 0 atom stereocenters. The van der Waals surface area contributed by atoms with Crippen molar-refractivity contribution in [3.8, 4) is 5.75 Å². The second-order valence-electron chi connectivity index (χ2n) is 5.22. The summed E-state index contributed by atoms with van der Waals surface area (Å²) in [6.07, 6.45) is 1.87. The number of rotatable bonds is 0. The third kappa shape index (κ3) is 2.81. The van der Waals surface area contributed by atoms with Crippen molar-refractivity contribution in [1.82, 2.24) is 0 Å². The molecule has 0 N–H and O–H groups in total. The quantitative estimate of drug-likeness (QED) is 0.683. The molecule has 0 amide bonds. The minimum atomic E-state index is -2.21. The van der Waals surface area contributed by atoms with Gasteiger partial charge >= 0.3 is 8.56 Å². The van der Waals surface area contributed by atoms with Gasteiger partial charge in [0.05, 0.1) is 12.3 Å². The Morgan fingerprint density at radius 3 is 2.65 bits per heavy atom. The molecule has 20 heavy (non-hydrogen) atoms. The second kappa shape index (κ2) is 5.23. The van der Waals surface area contributed by atoms with Crippen molar-refractivity contribution in [2.75, 3.05) is 0 Å². The zero-order chi connectivity index (χ0) is 14.0. The van der Waals surface area contributed by atoms with E-state index in [0.717, 1.165) is 22.6 Å². The van der Waals surface area contributed by atoms with E-state index in [9.17, 15) is 0 Å². The molecule has 1 heterocycles. The monoisotopic (exact) mass is 283 g/mol. The molecule has 0 radical (unpaired) electrons. The van der Waals surface area contributed by atoms with Gasteiger partial charge in [0.15, 0.2) is 0 Å². The molecule has 0 spiro atoms. The maximum Gasteiger partial charge on any atom is 0.392 e. The molecule has 2 aromatic rings. The van der Waals surface area contributed by atoms with Crippen LogP contribution in [0, 0.1) is 0 Å². The maximum absolute atomic E-state index is 6.10. The Hall–Kier alpha value is -1.91. The fourth-order valence-corrected chi connectivity index (χ4v) is 3.40. The number of hydrogen-bond donors (Lipinski definition) is 0. The van der Waals surface area contributed by atoms with Gasteiger partial charge in [-0.1, -0.05) is 30.3 Å². The molecule has 2 aromatic carbocycles. The Morgan fingerprint density at radius 1 is 1.00 bits per heavy atom. The third-order valence-corrected chi connectivity index (χ3v) is 4.74. The minimum absolute atomic E-state index is 0.537. The van der Waals surface area contributed by atoms with E-state index in [4.69, 9.17) is 8.85 Å². The summed E-state index contributed by atoms with van der Waals surface area (Å²) in [7, 11) is -2.21. The van der Waals surface area contributed by atoms with Crippen molar-refractivity contribution >= 4 is 20.5 Å². The van der Waals surface area contributed by atoms with Gasteiger partial charge in [0, 0.05) is 17.3 Å². The third-order valence-electron chi connectivity index (χ3n) is 3.18. The predicted octanol–water partition coefficient (Wildman–Crippen LogP) is 4.05. The number of benzene rings is 2. The van der Waals surface area contributed by atoms with Gasteiger partial charge in [-0.05, 0) is 31.3 Å². The maximum atomic E-state index is 6.10. The number of fused-ring (bicyclic) bond motifs is 2. The van der Waals surface area contributed by atoms with E-state index in [-0.39, 0.29) is 0 Å². The summed E-state index contributed by atoms with van der Waals surface area (Å²) in [4.78, 5) is 4.57. The van der Waals surface area contributed by atoms with Gasteiger partial charge in [-0.15, -0.1) is 0 Å². The molecule has 0 aromatic heterocycles. The molecule has 102 valence electrons. The van der Waals surface area contributed by atoms with Gasteiger partial charge < -0.3 is 8.85 Å². The van der Waals surface area contributed by atoms with Crippen LogP contribution < -0.4 is 4.43 Å².